The average molecular weight is 303 g/mol. The third-order valence-electron chi connectivity index (χ3n) is 2.25. The van der Waals surface area contributed by atoms with Crippen molar-refractivity contribution in [1.29, 1.82) is 0 Å². The summed E-state index contributed by atoms with van der Waals surface area (Å²) < 4.78 is 6.12. The van der Waals surface area contributed by atoms with E-state index >= 15 is 0 Å². The van der Waals surface area contributed by atoms with Crippen LogP contribution in [-0.4, -0.2) is 19.3 Å². The summed E-state index contributed by atoms with van der Waals surface area (Å²) in [7, 11) is 3.45. The van der Waals surface area contributed by atoms with Crippen molar-refractivity contribution in [3.63, 3.8) is 0 Å². The first-order valence-electron chi connectivity index (χ1n) is 4.90. The first-order valence-corrected chi connectivity index (χ1v) is 6.10. The Morgan fingerprint density at radius 3 is 2.69 bits per heavy atom. The molecule has 1 rings (SSSR count). The molecule has 0 radical (unpaired) electrons. The lowest BCUT2D eigenvalue weighted by molar-refractivity contribution is 0.412. The number of hydrogen-bond donors (Lipinski definition) is 2. The highest BCUT2D eigenvalue weighted by Gasteiger charge is 2.08. The Morgan fingerprint density at radius 1 is 1.50 bits per heavy atom. The minimum absolute atomic E-state index is 0.155. The Balaban J connectivity index is 2.80. The van der Waals surface area contributed by atoms with Gasteiger partial charge in [-0.3, -0.25) is 0 Å². The Morgan fingerprint density at radius 2 is 2.19 bits per heavy atom. The summed E-state index contributed by atoms with van der Waals surface area (Å²) >= 11 is 8.51. The second-order valence-corrected chi connectivity index (χ2v) is 4.60. The molecule has 0 aliphatic heterocycles. The smallest absolute Gasteiger partial charge is 0.166 e. The minimum atomic E-state index is 0.155. The lowest BCUT2D eigenvalue weighted by Gasteiger charge is -2.16. The van der Waals surface area contributed by atoms with E-state index in [2.05, 4.69) is 33.5 Å². The van der Waals surface area contributed by atoms with Crippen LogP contribution in [-0.2, 0) is 0 Å². The number of nitrogens with one attached hydrogen (secondary N) is 2. The molecule has 16 heavy (non-hydrogen) atoms. The second kappa shape index (κ2) is 6.06. The van der Waals surface area contributed by atoms with E-state index in [4.69, 9.17) is 17.0 Å². The molecule has 0 saturated carbocycles. The second-order valence-electron chi connectivity index (χ2n) is 3.34. The van der Waals surface area contributed by atoms with Gasteiger partial charge in [0.15, 0.2) is 5.11 Å². The maximum Gasteiger partial charge on any atom is 0.166 e. The van der Waals surface area contributed by atoms with Crippen LogP contribution in [0.3, 0.4) is 0 Å². The molecule has 0 bridgehead atoms. The monoisotopic (exact) mass is 302 g/mol. The molecule has 1 aromatic carbocycles. The molecule has 0 saturated heterocycles. The molecule has 88 valence electrons. The summed E-state index contributed by atoms with van der Waals surface area (Å²) in [5.74, 6) is 0.826. The average Bonchev–Trinajstić information content (AvgIpc) is 2.28. The SMILES string of the molecule is CNC(=S)N[C@@H](C)c1ccc(OC)c(Br)c1. The molecule has 0 spiro atoms. The van der Waals surface area contributed by atoms with Gasteiger partial charge in [0, 0.05) is 7.05 Å². The Kier molecular flexibility index (Phi) is 5.02. The van der Waals surface area contributed by atoms with Gasteiger partial charge in [0.1, 0.15) is 5.75 Å². The molecule has 5 heteroatoms. The zero-order chi connectivity index (χ0) is 12.1. The minimum Gasteiger partial charge on any atom is -0.496 e. The third kappa shape index (κ3) is 3.35. The first kappa shape index (κ1) is 13.3. The summed E-state index contributed by atoms with van der Waals surface area (Å²) in [5.41, 5.74) is 1.14. The van der Waals surface area contributed by atoms with E-state index in [1.54, 1.807) is 14.2 Å². The predicted octanol–water partition coefficient (Wildman–Crippen LogP) is 2.61. The van der Waals surface area contributed by atoms with Gasteiger partial charge in [-0.1, -0.05) is 6.07 Å². The van der Waals surface area contributed by atoms with Gasteiger partial charge in [-0.15, -0.1) is 0 Å². The van der Waals surface area contributed by atoms with Crippen LogP contribution in [0.2, 0.25) is 0 Å². The van der Waals surface area contributed by atoms with Crippen molar-refractivity contribution in [3.05, 3.63) is 28.2 Å². The highest BCUT2D eigenvalue weighted by molar-refractivity contribution is 9.10. The maximum absolute atomic E-state index is 5.18. The number of rotatable bonds is 3. The summed E-state index contributed by atoms with van der Waals surface area (Å²) in [4.78, 5) is 0. The van der Waals surface area contributed by atoms with Crippen molar-refractivity contribution in [2.45, 2.75) is 13.0 Å². The number of methoxy groups -OCH3 is 1. The van der Waals surface area contributed by atoms with Gasteiger partial charge in [-0.2, -0.15) is 0 Å². The quantitative estimate of drug-likeness (QED) is 0.841. The van der Waals surface area contributed by atoms with Crippen LogP contribution in [0.25, 0.3) is 0 Å². The topological polar surface area (TPSA) is 33.3 Å². The van der Waals surface area contributed by atoms with Gasteiger partial charge in [0.2, 0.25) is 0 Å². The van der Waals surface area contributed by atoms with Gasteiger partial charge in [0.25, 0.3) is 0 Å². The molecule has 0 aromatic heterocycles. The Hall–Kier alpha value is -0.810. The predicted molar refractivity (Wildman–Crippen MR) is 73.9 cm³/mol. The van der Waals surface area contributed by atoms with E-state index in [9.17, 15) is 0 Å². The van der Waals surface area contributed by atoms with E-state index in [-0.39, 0.29) is 6.04 Å². The largest absolute Gasteiger partial charge is 0.496 e. The van der Waals surface area contributed by atoms with Crippen molar-refractivity contribution in [1.82, 2.24) is 10.6 Å². The fourth-order valence-electron chi connectivity index (χ4n) is 1.30. The van der Waals surface area contributed by atoms with Gasteiger partial charge in [-0.05, 0) is 52.8 Å². The summed E-state index contributed by atoms with van der Waals surface area (Å²) in [6, 6.07) is 6.12. The normalized spacial score (nSPS) is 11.8. The van der Waals surface area contributed by atoms with Crippen LogP contribution in [0.15, 0.2) is 22.7 Å². The Labute approximate surface area is 110 Å². The first-order chi connectivity index (χ1) is 7.58. The number of ether oxygens (including phenoxy) is 1. The van der Waals surface area contributed by atoms with Crippen molar-refractivity contribution in [2.75, 3.05) is 14.2 Å². The summed E-state index contributed by atoms with van der Waals surface area (Å²) in [6.45, 7) is 2.05. The highest BCUT2D eigenvalue weighted by atomic mass is 79.9. The van der Waals surface area contributed by atoms with E-state index in [0.29, 0.717) is 5.11 Å². The molecule has 1 aromatic rings. The molecule has 0 heterocycles. The fraction of sp³-hybridized carbons (Fsp3) is 0.364. The molecule has 3 nitrogen and oxygen atoms in total. The van der Waals surface area contributed by atoms with Crippen molar-refractivity contribution in [2.24, 2.45) is 0 Å². The van der Waals surface area contributed by atoms with Crippen LogP contribution < -0.4 is 15.4 Å². The molecule has 0 unspecified atom stereocenters. The maximum atomic E-state index is 5.18. The zero-order valence-electron chi connectivity index (χ0n) is 9.50. The number of benzene rings is 1. The molecular formula is C11H15BrN2OS. The van der Waals surface area contributed by atoms with Crippen molar-refractivity contribution in [3.8, 4) is 5.75 Å². The molecular weight excluding hydrogens is 288 g/mol. The van der Waals surface area contributed by atoms with Crippen LogP contribution in [0, 0.1) is 0 Å². The van der Waals surface area contributed by atoms with E-state index in [1.165, 1.54) is 0 Å². The van der Waals surface area contributed by atoms with Crippen molar-refractivity contribution >= 4 is 33.3 Å². The van der Waals surface area contributed by atoms with Gasteiger partial charge < -0.3 is 15.4 Å². The van der Waals surface area contributed by atoms with E-state index in [0.717, 1.165) is 15.8 Å². The van der Waals surface area contributed by atoms with Gasteiger partial charge >= 0.3 is 0 Å². The number of hydrogen-bond acceptors (Lipinski definition) is 2. The van der Waals surface area contributed by atoms with Crippen LogP contribution in [0.5, 0.6) is 5.75 Å². The standard InChI is InChI=1S/C11H15BrN2OS/c1-7(14-11(16)13-2)8-4-5-10(15-3)9(12)6-8/h4-7H,1-3H3,(H2,13,14,16)/t7-/m0/s1. The van der Waals surface area contributed by atoms with Crippen molar-refractivity contribution < 1.29 is 4.74 Å². The summed E-state index contributed by atoms with van der Waals surface area (Å²) in [5, 5.41) is 6.69. The van der Waals surface area contributed by atoms with Crippen LogP contribution >= 0.6 is 28.1 Å². The molecule has 0 aliphatic carbocycles. The highest BCUT2D eigenvalue weighted by Crippen LogP contribution is 2.27. The Bertz CT molecular complexity index is 384. The lowest BCUT2D eigenvalue weighted by atomic mass is 10.1. The lowest BCUT2D eigenvalue weighted by Crippen LogP contribution is -2.34. The molecule has 0 fully saturated rings. The third-order valence-corrected chi connectivity index (χ3v) is 3.19. The summed E-state index contributed by atoms with van der Waals surface area (Å²) in [6.07, 6.45) is 0. The number of halogens is 1. The number of thiocarbonyl (C=S) groups is 1. The molecule has 0 aliphatic rings. The van der Waals surface area contributed by atoms with Crippen LogP contribution in [0.4, 0.5) is 0 Å². The molecule has 0 amide bonds. The zero-order valence-corrected chi connectivity index (χ0v) is 11.9. The fourth-order valence-corrected chi connectivity index (χ4v) is 2.04. The van der Waals surface area contributed by atoms with Crippen LogP contribution in [0.1, 0.15) is 18.5 Å². The van der Waals surface area contributed by atoms with E-state index < -0.39 is 0 Å². The van der Waals surface area contributed by atoms with Gasteiger partial charge in [-0.25, -0.2) is 0 Å². The van der Waals surface area contributed by atoms with E-state index in [1.807, 2.05) is 18.2 Å². The van der Waals surface area contributed by atoms with Gasteiger partial charge in [0.05, 0.1) is 17.6 Å². The molecule has 2 N–H and O–H groups in total. The molecule has 1 atom stereocenters.